The molecular weight excluding hydrogens is 240 g/mol. The molecule has 0 bridgehead atoms. The molecule has 1 aromatic heterocycles. The summed E-state index contributed by atoms with van der Waals surface area (Å²) in [6.07, 6.45) is 5.35. The number of aromatic nitrogens is 2. The van der Waals surface area contributed by atoms with Gasteiger partial charge in [0.2, 0.25) is 0 Å². The molecule has 1 saturated carbocycles. The van der Waals surface area contributed by atoms with Crippen LogP contribution in [0.4, 0.5) is 0 Å². The first kappa shape index (κ1) is 12.2. The van der Waals surface area contributed by atoms with Crippen LogP contribution >= 0.6 is 0 Å². The molecule has 1 aliphatic rings. The van der Waals surface area contributed by atoms with Crippen LogP contribution in [0.15, 0.2) is 24.5 Å². The number of fused-ring (bicyclic) bond motifs is 1. The number of carboxylic acids is 1. The lowest BCUT2D eigenvalue weighted by Crippen LogP contribution is -2.20. The van der Waals surface area contributed by atoms with E-state index in [1.807, 2.05) is 17.9 Å². The Morgan fingerprint density at radius 3 is 2.74 bits per heavy atom. The molecule has 1 aliphatic carbocycles. The van der Waals surface area contributed by atoms with E-state index in [-0.39, 0.29) is 5.92 Å². The molecule has 1 N–H and O–H groups in total. The molecule has 4 heteroatoms. The quantitative estimate of drug-likeness (QED) is 0.901. The Bertz CT molecular complexity index is 610. The van der Waals surface area contributed by atoms with Gasteiger partial charge >= 0.3 is 5.97 Å². The number of rotatable bonds is 2. The molecule has 1 heterocycles. The number of hydrogen-bond acceptors (Lipinski definition) is 2. The van der Waals surface area contributed by atoms with Crippen molar-refractivity contribution in [3.63, 3.8) is 0 Å². The molecule has 1 aromatic carbocycles. The molecule has 0 atom stereocenters. The fourth-order valence-corrected chi connectivity index (χ4v) is 3.08. The lowest BCUT2D eigenvalue weighted by molar-refractivity contribution is -0.142. The van der Waals surface area contributed by atoms with Crippen LogP contribution in [0, 0.1) is 5.92 Å². The monoisotopic (exact) mass is 258 g/mol. The number of aryl methyl sites for hydroxylation is 1. The van der Waals surface area contributed by atoms with E-state index in [0.717, 1.165) is 36.7 Å². The van der Waals surface area contributed by atoms with Gasteiger partial charge in [0, 0.05) is 7.05 Å². The topological polar surface area (TPSA) is 55.1 Å². The predicted molar refractivity (Wildman–Crippen MR) is 73.0 cm³/mol. The van der Waals surface area contributed by atoms with Gasteiger partial charge in [0.15, 0.2) is 0 Å². The van der Waals surface area contributed by atoms with Gasteiger partial charge in [-0.1, -0.05) is 6.07 Å². The molecule has 1 fully saturated rings. The second-order valence-corrected chi connectivity index (χ2v) is 5.49. The third kappa shape index (κ3) is 2.23. The fraction of sp³-hybridized carbons (Fsp3) is 0.467. The largest absolute Gasteiger partial charge is 0.481 e. The zero-order chi connectivity index (χ0) is 13.4. The summed E-state index contributed by atoms with van der Waals surface area (Å²) in [6, 6.07) is 6.43. The van der Waals surface area contributed by atoms with Gasteiger partial charge in [-0.25, -0.2) is 4.98 Å². The summed E-state index contributed by atoms with van der Waals surface area (Å²) in [4.78, 5) is 15.3. The summed E-state index contributed by atoms with van der Waals surface area (Å²) in [5.41, 5.74) is 3.47. The summed E-state index contributed by atoms with van der Waals surface area (Å²) in [6.45, 7) is 0. The van der Waals surface area contributed by atoms with E-state index in [2.05, 4.69) is 23.2 Å². The molecule has 0 amide bonds. The average molecular weight is 258 g/mol. The first-order chi connectivity index (χ1) is 9.15. The Kier molecular flexibility index (Phi) is 3.01. The van der Waals surface area contributed by atoms with E-state index >= 15 is 0 Å². The zero-order valence-electron chi connectivity index (χ0n) is 11.0. The van der Waals surface area contributed by atoms with Crippen molar-refractivity contribution in [2.24, 2.45) is 13.0 Å². The van der Waals surface area contributed by atoms with Crippen molar-refractivity contribution in [3.05, 3.63) is 30.1 Å². The first-order valence-electron chi connectivity index (χ1n) is 6.79. The maximum absolute atomic E-state index is 11.0. The minimum atomic E-state index is -0.640. The molecule has 0 radical (unpaired) electrons. The number of imidazole rings is 1. The van der Waals surface area contributed by atoms with Gasteiger partial charge in [-0.3, -0.25) is 4.79 Å². The maximum Gasteiger partial charge on any atom is 0.306 e. The molecule has 0 aliphatic heterocycles. The molecular formula is C15H18N2O2. The molecule has 0 spiro atoms. The van der Waals surface area contributed by atoms with Crippen LogP contribution in [0.2, 0.25) is 0 Å². The Labute approximate surface area is 112 Å². The Morgan fingerprint density at radius 2 is 2.05 bits per heavy atom. The van der Waals surface area contributed by atoms with Crippen molar-refractivity contribution in [3.8, 4) is 0 Å². The normalized spacial score (nSPS) is 23.6. The number of hydrogen-bond donors (Lipinski definition) is 1. The van der Waals surface area contributed by atoms with E-state index < -0.39 is 5.97 Å². The van der Waals surface area contributed by atoms with Crippen LogP contribution in [0.3, 0.4) is 0 Å². The number of carbonyl (C=O) groups is 1. The van der Waals surface area contributed by atoms with Crippen molar-refractivity contribution in [2.45, 2.75) is 31.6 Å². The lowest BCUT2D eigenvalue weighted by Gasteiger charge is -2.26. The molecule has 0 saturated heterocycles. The third-order valence-electron chi connectivity index (χ3n) is 4.30. The highest BCUT2D eigenvalue weighted by atomic mass is 16.4. The number of carboxylic acid groups (broad SMARTS) is 1. The Morgan fingerprint density at radius 1 is 1.32 bits per heavy atom. The van der Waals surface area contributed by atoms with Crippen molar-refractivity contribution in [2.75, 3.05) is 0 Å². The smallest absolute Gasteiger partial charge is 0.306 e. The van der Waals surface area contributed by atoms with Crippen LogP contribution in [-0.4, -0.2) is 20.6 Å². The summed E-state index contributed by atoms with van der Waals surface area (Å²) >= 11 is 0. The fourth-order valence-electron chi connectivity index (χ4n) is 3.08. The molecule has 3 rings (SSSR count). The van der Waals surface area contributed by atoms with Gasteiger partial charge in [-0.2, -0.15) is 0 Å². The van der Waals surface area contributed by atoms with Gasteiger partial charge in [0.25, 0.3) is 0 Å². The molecule has 0 unspecified atom stereocenters. The highest BCUT2D eigenvalue weighted by molar-refractivity contribution is 5.76. The highest BCUT2D eigenvalue weighted by Crippen LogP contribution is 2.36. The Balaban J connectivity index is 1.80. The summed E-state index contributed by atoms with van der Waals surface area (Å²) in [7, 11) is 1.99. The highest BCUT2D eigenvalue weighted by Gasteiger charge is 2.26. The SMILES string of the molecule is Cn1cnc2cc(C3CCC(C(=O)O)CC3)ccc21. The van der Waals surface area contributed by atoms with E-state index in [1.165, 1.54) is 5.56 Å². The second kappa shape index (κ2) is 4.68. The average Bonchev–Trinajstić information content (AvgIpc) is 2.80. The van der Waals surface area contributed by atoms with E-state index in [1.54, 1.807) is 0 Å². The lowest BCUT2D eigenvalue weighted by atomic mass is 9.79. The maximum atomic E-state index is 11.0. The minimum Gasteiger partial charge on any atom is -0.481 e. The molecule has 2 aromatic rings. The van der Waals surface area contributed by atoms with Crippen molar-refractivity contribution in [1.82, 2.24) is 9.55 Å². The van der Waals surface area contributed by atoms with Crippen molar-refractivity contribution in [1.29, 1.82) is 0 Å². The van der Waals surface area contributed by atoms with Crippen molar-refractivity contribution >= 4 is 17.0 Å². The summed E-state index contributed by atoms with van der Waals surface area (Å²) in [5.74, 6) is -0.296. The van der Waals surface area contributed by atoms with E-state index in [0.29, 0.717) is 5.92 Å². The summed E-state index contributed by atoms with van der Waals surface area (Å²) in [5, 5.41) is 9.03. The van der Waals surface area contributed by atoms with E-state index in [4.69, 9.17) is 5.11 Å². The molecule has 100 valence electrons. The van der Waals surface area contributed by atoms with Crippen LogP contribution in [0.25, 0.3) is 11.0 Å². The summed E-state index contributed by atoms with van der Waals surface area (Å²) < 4.78 is 2.01. The first-order valence-corrected chi connectivity index (χ1v) is 6.79. The van der Waals surface area contributed by atoms with Gasteiger partial charge in [0.1, 0.15) is 0 Å². The van der Waals surface area contributed by atoms with Crippen molar-refractivity contribution < 1.29 is 9.90 Å². The zero-order valence-corrected chi connectivity index (χ0v) is 11.0. The van der Waals surface area contributed by atoms with Crippen LogP contribution in [0.5, 0.6) is 0 Å². The van der Waals surface area contributed by atoms with Gasteiger partial charge in [0.05, 0.1) is 23.3 Å². The predicted octanol–water partition coefficient (Wildman–Crippen LogP) is 2.93. The minimum absolute atomic E-state index is 0.144. The number of benzene rings is 1. The third-order valence-corrected chi connectivity index (χ3v) is 4.30. The number of nitrogens with zero attached hydrogens (tertiary/aromatic N) is 2. The van der Waals surface area contributed by atoms with E-state index in [9.17, 15) is 4.79 Å². The van der Waals surface area contributed by atoms with Gasteiger partial charge < -0.3 is 9.67 Å². The molecule has 19 heavy (non-hydrogen) atoms. The van der Waals surface area contributed by atoms with Crippen LogP contribution < -0.4 is 0 Å². The van der Waals surface area contributed by atoms with Crippen LogP contribution in [0.1, 0.15) is 37.2 Å². The van der Waals surface area contributed by atoms with Gasteiger partial charge in [-0.15, -0.1) is 0 Å². The second-order valence-electron chi connectivity index (χ2n) is 5.49. The molecule has 4 nitrogen and oxygen atoms in total. The number of aliphatic carboxylic acids is 1. The Hall–Kier alpha value is -1.84. The van der Waals surface area contributed by atoms with Gasteiger partial charge in [-0.05, 0) is 49.3 Å². The van der Waals surface area contributed by atoms with Crippen LogP contribution in [-0.2, 0) is 11.8 Å². The standard InChI is InChI=1S/C15H18N2O2/c1-17-9-16-13-8-12(6-7-14(13)17)10-2-4-11(5-3-10)15(18)19/h6-11H,2-5H2,1H3,(H,18,19).